The summed E-state index contributed by atoms with van der Waals surface area (Å²) in [5.74, 6) is -1.93. The number of rotatable bonds is 16. The van der Waals surface area contributed by atoms with E-state index in [9.17, 15) is 14.4 Å². The molecule has 13 nitrogen and oxygen atoms in total. The number of nitrogens with one attached hydrogen (secondary N) is 2. The van der Waals surface area contributed by atoms with Gasteiger partial charge in [-0.2, -0.15) is 0 Å². The normalized spacial score (nSPS) is 12.8. The van der Waals surface area contributed by atoms with Gasteiger partial charge in [-0.05, 0) is 42.4 Å². The highest BCUT2D eigenvalue weighted by molar-refractivity contribution is 5.92. The van der Waals surface area contributed by atoms with Crippen molar-refractivity contribution in [2.45, 2.75) is 50.2 Å². The molecule has 0 spiro atoms. The van der Waals surface area contributed by atoms with Crippen LogP contribution in [0, 0.1) is 0 Å². The van der Waals surface area contributed by atoms with Crippen molar-refractivity contribution >= 4 is 29.6 Å². The van der Waals surface area contributed by atoms with Crippen molar-refractivity contribution in [3.63, 3.8) is 0 Å². The summed E-state index contributed by atoms with van der Waals surface area (Å²) in [5.41, 5.74) is 35.7. The van der Waals surface area contributed by atoms with Gasteiger partial charge in [-0.1, -0.05) is 54.6 Å². The molecule has 2 aromatic carbocycles. The van der Waals surface area contributed by atoms with Crippen LogP contribution < -0.4 is 45.0 Å². The topological polar surface area (TPSA) is 256 Å². The van der Waals surface area contributed by atoms with Crippen molar-refractivity contribution in [2.24, 2.45) is 44.4 Å². The van der Waals surface area contributed by atoms with Crippen LogP contribution in [0.3, 0.4) is 0 Å². The number of hydrogen-bond acceptors (Lipinski definition) is 6. The van der Waals surface area contributed by atoms with E-state index in [2.05, 4.69) is 20.6 Å². The Morgan fingerprint density at radius 1 is 0.675 bits per heavy atom. The van der Waals surface area contributed by atoms with E-state index in [-0.39, 0.29) is 31.3 Å². The van der Waals surface area contributed by atoms with Crippen LogP contribution in [-0.4, -0.2) is 60.9 Å². The van der Waals surface area contributed by atoms with Gasteiger partial charge in [-0.3, -0.25) is 24.4 Å². The Morgan fingerprint density at radius 2 is 1.20 bits per heavy atom. The lowest BCUT2D eigenvalue weighted by Crippen LogP contribution is -2.56. The standard InChI is InChI=1S/C27H40N10O3/c28-20(8-4-14-34-26(30)31)24(39)37-22(25(40)36-21(23(29)38)9-5-15-35-27(32)33)16-17-10-12-19(13-11-17)18-6-2-1-3-7-18/h1-3,6-7,10-13,20-22H,4-5,8-9,14-16,28H2,(H2,29,38)(H,36,40)(H,37,39)(H4,30,31,34)(H4,32,33,35)/t20-,21-,22-/m0/s1. The zero-order valence-electron chi connectivity index (χ0n) is 22.5. The largest absolute Gasteiger partial charge is 0.370 e. The summed E-state index contributed by atoms with van der Waals surface area (Å²) in [6.45, 7) is 0.589. The van der Waals surface area contributed by atoms with Crippen LogP contribution in [0.25, 0.3) is 11.1 Å². The van der Waals surface area contributed by atoms with E-state index in [1.54, 1.807) is 0 Å². The van der Waals surface area contributed by atoms with E-state index in [1.807, 2.05) is 54.6 Å². The van der Waals surface area contributed by atoms with Crippen molar-refractivity contribution in [1.29, 1.82) is 0 Å². The molecule has 0 aliphatic heterocycles. The predicted octanol–water partition coefficient (Wildman–Crippen LogP) is -1.21. The highest BCUT2D eigenvalue weighted by atomic mass is 16.2. The maximum atomic E-state index is 13.3. The summed E-state index contributed by atoms with van der Waals surface area (Å²) < 4.78 is 0. The van der Waals surface area contributed by atoms with E-state index in [0.29, 0.717) is 25.8 Å². The Hall–Kier alpha value is -4.65. The average Bonchev–Trinajstić information content (AvgIpc) is 2.92. The SMILES string of the molecule is NC(=O)[C@H](CCCN=C(N)N)NC(=O)[C@H](Cc1ccc(-c2ccccc2)cc1)NC(=O)[C@@H](N)CCCN=C(N)N. The van der Waals surface area contributed by atoms with Gasteiger partial charge in [0.15, 0.2) is 11.9 Å². The highest BCUT2D eigenvalue weighted by Crippen LogP contribution is 2.20. The lowest BCUT2D eigenvalue weighted by molar-refractivity contribution is -0.131. The molecule has 0 radical (unpaired) electrons. The molecule has 2 rings (SSSR count). The lowest BCUT2D eigenvalue weighted by Gasteiger charge is -2.23. The number of carbonyl (C=O) groups excluding carboxylic acids is 3. The Bertz CT molecular complexity index is 1160. The Kier molecular flexibility index (Phi) is 12.9. The monoisotopic (exact) mass is 552 g/mol. The van der Waals surface area contributed by atoms with Gasteiger partial charge in [-0.15, -0.1) is 0 Å². The quantitative estimate of drug-likeness (QED) is 0.0709. The van der Waals surface area contributed by atoms with E-state index in [4.69, 9.17) is 34.4 Å². The molecule has 0 aliphatic carbocycles. The van der Waals surface area contributed by atoms with E-state index >= 15 is 0 Å². The molecule has 0 fully saturated rings. The van der Waals surface area contributed by atoms with Crippen LogP contribution in [-0.2, 0) is 20.8 Å². The minimum absolute atomic E-state index is 0.0460. The van der Waals surface area contributed by atoms with Crippen LogP contribution in [0.2, 0.25) is 0 Å². The first-order chi connectivity index (χ1) is 19.1. The van der Waals surface area contributed by atoms with Crippen molar-refractivity contribution in [1.82, 2.24) is 10.6 Å². The molecule has 3 amide bonds. The van der Waals surface area contributed by atoms with Gasteiger partial charge in [0, 0.05) is 19.5 Å². The third-order valence-electron chi connectivity index (χ3n) is 6.04. The Morgan fingerprint density at radius 3 is 1.75 bits per heavy atom. The maximum Gasteiger partial charge on any atom is 0.243 e. The number of aliphatic imine (C=N–C) groups is 2. The molecule has 13 heteroatoms. The predicted molar refractivity (Wildman–Crippen MR) is 156 cm³/mol. The second-order valence-electron chi connectivity index (χ2n) is 9.30. The molecule has 0 bridgehead atoms. The summed E-state index contributed by atoms with van der Waals surface area (Å²) in [7, 11) is 0. The van der Waals surface area contributed by atoms with Crippen LogP contribution in [0.15, 0.2) is 64.6 Å². The molecule has 3 atom stereocenters. The number of primary amides is 1. The first-order valence-corrected chi connectivity index (χ1v) is 13.0. The summed E-state index contributed by atoms with van der Waals surface area (Å²) in [6, 6.07) is 14.6. The molecular weight excluding hydrogens is 512 g/mol. The fourth-order valence-electron chi connectivity index (χ4n) is 3.90. The van der Waals surface area contributed by atoms with Gasteiger partial charge < -0.3 is 45.0 Å². The van der Waals surface area contributed by atoms with Crippen molar-refractivity contribution in [3.8, 4) is 11.1 Å². The molecule has 40 heavy (non-hydrogen) atoms. The Balaban J connectivity index is 2.15. The number of benzene rings is 2. The molecule has 0 unspecified atom stereocenters. The molecule has 0 saturated heterocycles. The van der Waals surface area contributed by atoms with Crippen molar-refractivity contribution in [3.05, 3.63) is 60.2 Å². The van der Waals surface area contributed by atoms with Crippen LogP contribution >= 0.6 is 0 Å². The third-order valence-corrected chi connectivity index (χ3v) is 6.04. The second-order valence-corrected chi connectivity index (χ2v) is 9.30. The van der Waals surface area contributed by atoms with Crippen LogP contribution in [0.1, 0.15) is 31.2 Å². The molecule has 14 N–H and O–H groups in total. The molecule has 0 aromatic heterocycles. The molecule has 0 heterocycles. The first-order valence-electron chi connectivity index (χ1n) is 13.0. The fraction of sp³-hybridized carbons (Fsp3) is 0.370. The van der Waals surface area contributed by atoms with E-state index in [0.717, 1.165) is 16.7 Å². The Labute approximate surface area is 233 Å². The zero-order chi connectivity index (χ0) is 29.5. The van der Waals surface area contributed by atoms with Crippen LogP contribution in [0.5, 0.6) is 0 Å². The van der Waals surface area contributed by atoms with Gasteiger partial charge in [-0.25, -0.2) is 0 Å². The zero-order valence-corrected chi connectivity index (χ0v) is 22.5. The third kappa shape index (κ3) is 11.4. The highest BCUT2D eigenvalue weighted by Gasteiger charge is 2.27. The molecule has 0 saturated carbocycles. The van der Waals surface area contributed by atoms with Gasteiger partial charge in [0.05, 0.1) is 6.04 Å². The molecule has 216 valence electrons. The number of amides is 3. The van der Waals surface area contributed by atoms with Gasteiger partial charge >= 0.3 is 0 Å². The number of carbonyl (C=O) groups is 3. The number of hydrogen-bond donors (Lipinski definition) is 8. The minimum Gasteiger partial charge on any atom is -0.370 e. The fourth-order valence-corrected chi connectivity index (χ4v) is 3.90. The van der Waals surface area contributed by atoms with Crippen molar-refractivity contribution < 1.29 is 14.4 Å². The van der Waals surface area contributed by atoms with Gasteiger partial charge in [0.2, 0.25) is 17.7 Å². The van der Waals surface area contributed by atoms with E-state index < -0.39 is 35.8 Å². The summed E-state index contributed by atoms with van der Waals surface area (Å²) in [6.07, 6.45) is 1.56. The summed E-state index contributed by atoms with van der Waals surface area (Å²) in [4.78, 5) is 45.9. The second kappa shape index (κ2) is 16.3. The molecular formula is C27H40N10O3. The maximum absolute atomic E-state index is 13.3. The van der Waals surface area contributed by atoms with Gasteiger partial charge in [0.25, 0.3) is 0 Å². The van der Waals surface area contributed by atoms with Crippen molar-refractivity contribution in [2.75, 3.05) is 13.1 Å². The average molecular weight is 553 g/mol. The lowest BCUT2D eigenvalue weighted by atomic mass is 9.99. The number of nitrogens with two attached hydrogens (primary N) is 6. The first kappa shape index (κ1) is 31.6. The van der Waals surface area contributed by atoms with Gasteiger partial charge in [0.1, 0.15) is 12.1 Å². The summed E-state index contributed by atoms with van der Waals surface area (Å²) >= 11 is 0. The number of guanidine groups is 2. The number of nitrogens with zero attached hydrogens (tertiary/aromatic N) is 2. The molecule has 2 aromatic rings. The summed E-state index contributed by atoms with van der Waals surface area (Å²) in [5, 5.41) is 5.37. The molecule has 0 aliphatic rings. The van der Waals surface area contributed by atoms with Crippen LogP contribution in [0.4, 0.5) is 0 Å². The van der Waals surface area contributed by atoms with E-state index in [1.165, 1.54) is 0 Å². The smallest absolute Gasteiger partial charge is 0.243 e. The minimum atomic E-state index is -1.02.